The van der Waals surface area contributed by atoms with Gasteiger partial charge in [-0.2, -0.15) is 17.4 Å². The van der Waals surface area contributed by atoms with E-state index in [-0.39, 0.29) is 18.2 Å². The lowest BCUT2D eigenvalue weighted by atomic mass is 10.0. The molecule has 0 spiro atoms. The van der Waals surface area contributed by atoms with Gasteiger partial charge in [0, 0.05) is 19.0 Å². The fourth-order valence-corrected chi connectivity index (χ4v) is 2.88. The van der Waals surface area contributed by atoms with Crippen LogP contribution in [-0.4, -0.2) is 38.1 Å². The molecule has 6 heteroatoms. The molecule has 1 aliphatic heterocycles. The highest BCUT2D eigenvalue weighted by Gasteiger charge is 2.26. The molecule has 1 aliphatic rings. The molecule has 0 aromatic rings. The van der Waals surface area contributed by atoms with Gasteiger partial charge in [-0.05, 0) is 18.8 Å². The van der Waals surface area contributed by atoms with Crippen LogP contribution in [0.15, 0.2) is 0 Å². The molecule has 5 nitrogen and oxygen atoms in total. The van der Waals surface area contributed by atoms with Crippen LogP contribution in [0.1, 0.15) is 33.6 Å². The van der Waals surface area contributed by atoms with Gasteiger partial charge in [-0.1, -0.05) is 20.8 Å². The van der Waals surface area contributed by atoms with E-state index < -0.39 is 10.2 Å². The van der Waals surface area contributed by atoms with Crippen molar-refractivity contribution in [1.29, 1.82) is 0 Å². The largest absolute Gasteiger partial charge is 0.298 e. The number of carbonyl (C=O) groups is 1. The number of hydrogen-bond donors (Lipinski definition) is 1. The second-order valence-corrected chi connectivity index (χ2v) is 6.78. The van der Waals surface area contributed by atoms with E-state index in [1.54, 1.807) is 13.8 Å². The lowest BCUT2D eigenvalue weighted by molar-refractivity contribution is -0.120. The van der Waals surface area contributed by atoms with Crippen LogP contribution in [0.4, 0.5) is 0 Å². The SMILES string of the molecule is CC1CCN(S(=O)(=O)NCC(=O)C(C)C)CC1. The number of carbonyl (C=O) groups excluding carboxylic acids is 1. The summed E-state index contributed by atoms with van der Waals surface area (Å²) in [7, 11) is -3.47. The summed E-state index contributed by atoms with van der Waals surface area (Å²) in [5.74, 6) is 0.358. The first-order valence-corrected chi connectivity index (χ1v) is 7.54. The summed E-state index contributed by atoms with van der Waals surface area (Å²) in [4.78, 5) is 11.4. The van der Waals surface area contributed by atoms with E-state index in [9.17, 15) is 13.2 Å². The van der Waals surface area contributed by atoms with Crippen LogP contribution < -0.4 is 4.72 Å². The van der Waals surface area contributed by atoms with Crippen LogP contribution in [0.5, 0.6) is 0 Å². The lowest BCUT2D eigenvalue weighted by Crippen LogP contribution is -2.46. The Kier molecular flexibility index (Phi) is 5.09. The van der Waals surface area contributed by atoms with E-state index in [1.807, 2.05) is 0 Å². The second-order valence-electron chi connectivity index (χ2n) is 5.03. The smallest absolute Gasteiger partial charge is 0.279 e. The van der Waals surface area contributed by atoms with E-state index in [0.29, 0.717) is 19.0 Å². The zero-order valence-electron chi connectivity index (χ0n) is 10.8. The quantitative estimate of drug-likeness (QED) is 0.796. The number of piperidine rings is 1. The monoisotopic (exact) mass is 262 g/mol. The summed E-state index contributed by atoms with van der Waals surface area (Å²) >= 11 is 0. The Morgan fingerprint density at radius 1 is 1.35 bits per heavy atom. The van der Waals surface area contributed by atoms with Crippen LogP contribution in [0.25, 0.3) is 0 Å². The molecule has 0 bridgehead atoms. The van der Waals surface area contributed by atoms with Gasteiger partial charge in [0.05, 0.1) is 6.54 Å². The molecule has 0 atom stereocenters. The average Bonchev–Trinajstić information content (AvgIpc) is 2.26. The zero-order valence-corrected chi connectivity index (χ0v) is 11.6. The molecular formula is C11H22N2O3S. The van der Waals surface area contributed by atoms with E-state index in [1.165, 1.54) is 4.31 Å². The van der Waals surface area contributed by atoms with Crippen molar-refractivity contribution in [2.45, 2.75) is 33.6 Å². The predicted molar refractivity (Wildman–Crippen MR) is 66.7 cm³/mol. The highest BCUT2D eigenvalue weighted by molar-refractivity contribution is 7.87. The van der Waals surface area contributed by atoms with Crippen LogP contribution in [0.3, 0.4) is 0 Å². The predicted octanol–water partition coefficient (Wildman–Crippen LogP) is 0.778. The van der Waals surface area contributed by atoms with Crippen molar-refractivity contribution in [3.05, 3.63) is 0 Å². The molecule has 0 aliphatic carbocycles. The summed E-state index contributed by atoms with van der Waals surface area (Å²) in [6, 6.07) is 0. The van der Waals surface area contributed by atoms with Crippen molar-refractivity contribution in [2.24, 2.45) is 11.8 Å². The maximum atomic E-state index is 11.9. The minimum absolute atomic E-state index is 0.0843. The van der Waals surface area contributed by atoms with Crippen molar-refractivity contribution in [1.82, 2.24) is 9.03 Å². The van der Waals surface area contributed by atoms with Gasteiger partial charge in [0.15, 0.2) is 0 Å². The van der Waals surface area contributed by atoms with Crippen molar-refractivity contribution in [3.63, 3.8) is 0 Å². The minimum atomic E-state index is -3.47. The van der Waals surface area contributed by atoms with Crippen molar-refractivity contribution in [2.75, 3.05) is 19.6 Å². The Labute approximate surface area is 104 Å². The van der Waals surface area contributed by atoms with E-state index in [4.69, 9.17) is 0 Å². The average molecular weight is 262 g/mol. The number of rotatable bonds is 5. The van der Waals surface area contributed by atoms with E-state index in [0.717, 1.165) is 12.8 Å². The molecule has 0 unspecified atom stereocenters. The Morgan fingerprint density at radius 2 is 1.88 bits per heavy atom. The van der Waals surface area contributed by atoms with Crippen LogP contribution in [0.2, 0.25) is 0 Å². The molecule has 1 heterocycles. The number of ketones is 1. The van der Waals surface area contributed by atoms with Gasteiger partial charge in [-0.25, -0.2) is 0 Å². The first-order valence-electron chi connectivity index (χ1n) is 6.10. The molecule has 1 fully saturated rings. The summed E-state index contributed by atoms with van der Waals surface area (Å²) in [5, 5.41) is 0. The number of Topliss-reactive ketones (excluding diaryl/α,β-unsaturated/α-hetero) is 1. The molecule has 17 heavy (non-hydrogen) atoms. The molecule has 1 rings (SSSR count). The molecule has 1 saturated heterocycles. The Morgan fingerprint density at radius 3 is 2.35 bits per heavy atom. The fraction of sp³-hybridized carbons (Fsp3) is 0.909. The van der Waals surface area contributed by atoms with E-state index >= 15 is 0 Å². The molecule has 0 amide bonds. The third kappa shape index (κ3) is 4.37. The van der Waals surface area contributed by atoms with Gasteiger partial charge in [-0.15, -0.1) is 0 Å². The van der Waals surface area contributed by atoms with Gasteiger partial charge in [0.25, 0.3) is 10.2 Å². The fourth-order valence-electron chi connectivity index (χ4n) is 1.68. The number of nitrogens with zero attached hydrogens (tertiary/aromatic N) is 1. The Bertz CT molecular complexity index is 357. The van der Waals surface area contributed by atoms with Gasteiger partial charge in [0.2, 0.25) is 0 Å². The summed E-state index contributed by atoms with van der Waals surface area (Å²) in [6.07, 6.45) is 1.78. The Hall–Kier alpha value is -0.460. The Balaban J connectivity index is 2.49. The summed E-state index contributed by atoms with van der Waals surface area (Å²) < 4.78 is 27.6. The van der Waals surface area contributed by atoms with Crippen LogP contribution in [0, 0.1) is 11.8 Å². The molecule has 0 aromatic heterocycles. The summed E-state index contributed by atoms with van der Waals surface area (Å²) in [6.45, 7) is 6.64. The van der Waals surface area contributed by atoms with Gasteiger partial charge < -0.3 is 0 Å². The van der Waals surface area contributed by atoms with Gasteiger partial charge in [-0.3, -0.25) is 4.79 Å². The topological polar surface area (TPSA) is 66.5 Å². The minimum Gasteiger partial charge on any atom is -0.298 e. The molecular weight excluding hydrogens is 240 g/mol. The van der Waals surface area contributed by atoms with Crippen LogP contribution in [-0.2, 0) is 15.0 Å². The molecule has 100 valence electrons. The van der Waals surface area contributed by atoms with Crippen molar-refractivity contribution in [3.8, 4) is 0 Å². The maximum Gasteiger partial charge on any atom is 0.279 e. The maximum absolute atomic E-state index is 11.9. The van der Waals surface area contributed by atoms with E-state index in [2.05, 4.69) is 11.6 Å². The highest BCUT2D eigenvalue weighted by atomic mass is 32.2. The number of hydrogen-bond acceptors (Lipinski definition) is 3. The third-order valence-corrected chi connectivity index (χ3v) is 4.71. The standard InChI is InChI=1S/C11H22N2O3S/c1-9(2)11(14)8-12-17(15,16)13-6-4-10(3)5-7-13/h9-10,12H,4-8H2,1-3H3. The molecule has 0 radical (unpaired) electrons. The zero-order chi connectivity index (χ0) is 13.1. The first kappa shape index (κ1) is 14.6. The first-order chi connectivity index (χ1) is 7.83. The van der Waals surface area contributed by atoms with Crippen LogP contribution >= 0.6 is 0 Å². The van der Waals surface area contributed by atoms with Crippen molar-refractivity contribution < 1.29 is 13.2 Å². The molecule has 0 aromatic carbocycles. The van der Waals surface area contributed by atoms with Crippen molar-refractivity contribution >= 4 is 16.0 Å². The normalized spacial score (nSPS) is 19.8. The molecule has 1 N–H and O–H groups in total. The second kappa shape index (κ2) is 5.93. The van der Waals surface area contributed by atoms with Gasteiger partial charge >= 0.3 is 0 Å². The van der Waals surface area contributed by atoms with Gasteiger partial charge in [0.1, 0.15) is 5.78 Å². The summed E-state index contributed by atoms with van der Waals surface area (Å²) in [5.41, 5.74) is 0. The number of nitrogens with one attached hydrogen (secondary N) is 1. The molecule has 0 saturated carbocycles. The highest BCUT2D eigenvalue weighted by Crippen LogP contribution is 2.17. The lowest BCUT2D eigenvalue weighted by Gasteiger charge is -2.29. The third-order valence-electron chi connectivity index (χ3n) is 3.16.